The van der Waals surface area contributed by atoms with Gasteiger partial charge in [-0.05, 0) is 31.1 Å². The number of imidazole rings is 1. The van der Waals surface area contributed by atoms with E-state index in [9.17, 15) is 0 Å². The van der Waals surface area contributed by atoms with Gasteiger partial charge in [0.25, 0.3) is 0 Å². The maximum absolute atomic E-state index is 5.10. The van der Waals surface area contributed by atoms with Crippen molar-refractivity contribution in [2.75, 3.05) is 19.0 Å². The quantitative estimate of drug-likeness (QED) is 0.802. The van der Waals surface area contributed by atoms with Crippen LogP contribution in [0.5, 0.6) is 0 Å². The molecule has 1 aromatic rings. The summed E-state index contributed by atoms with van der Waals surface area (Å²) in [5.41, 5.74) is 0.462. The minimum atomic E-state index is 0.462. The van der Waals surface area contributed by atoms with Crippen LogP contribution >= 0.6 is 0 Å². The average Bonchev–Trinajstić information content (AvgIpc) is 2.76. The highest BCUT2D eigenvalue weighted by Crippen LogP contribution is 2.36. The molecular formula is C15H27N3O. The van der Waals surface area contributed by atoms with Crippen molar-refractivity contribution in [3.63, 3.8) is 0 Å². The Kier molecular flexibility index (Phi) is 4.86. The summed E-state index contributed by atoms with van der Waals surface area (Å²) in [6.07, 6.45) is 10.1. The zero-order chi connectivity index (χ0) is 13.7. The van der Waals surface area contributed by atoms with Crippen molar-refractivity contribution >= 4 is 5.95 Å². The largest absolute Gasteiger partial charge is 0.385 e. The van der Waals surface area contributed by atoms with Gasteiger partial charge in [-0.2, -0.15) is 0 Å². The number of methoxy groups -OCH3 is 1. The maximum atomic E-state index is 5.10. The Bertz CT molecular complexity index is 386. The second-order valence-corrected chi connectivity index (χ2v) is 6.39. The fourth-order valence-electron chi connectivity index (χ4n) is 3.01. The van der Waals surface area contributed by atoms with Crippen LogP contribution in [0, 0.1) is 5.41 Å². The number of ether oxygens (including phenoxy) is 1. The van der Waals surface area contributed by atoms with E-state index in [1.54, 1.807) is 7.11 Å². The van der Waals surface area contributed by atoms with Gasteiger partial charge >= 0.3 is 0 Å². The van der Waals surface area contributed by atoms with Gasteiger partial charge in [-0.3, -0.25) is 0 Å². The van der Waals surface area contributed by atoms with Gasteiger partial charge in [0.1, 0.15) is 0 Å². The van der Waals surface area contributed by atoms with E-state index in [-0.39, 0.29) is 0 Å². The molecule has 1 heterocycles. The molecular weight excluding hydrogens is 238 g/mol. The molecule has 0 saturated heterocycles. The molecule has 4 nitrogen and oxygen atoms in total. The van der Waals surface area contributed by atoms with Crippen LogP contribution in [-0.4, -0.2) is 29.3 Å². The van der Waals surface area contributed by atoms with Crippen molar-refractivity contribution < 1.29 is 4.74 Å². The predicted octanol–water partition coefficient (Wildman–Crippen LogP) is 3.30. The van der Waals surface area contributed by atoms with Gasteiger partial charge in [-0.25, -0.2) is 4.98 Å². The van der Waals surface area contributed by atoms with Gasteiger partial charge in [0, 0.05) is 38.7 Å². The molecule has 1 atom stereocenters. The predicted molar refractivity (Wildman–Crippen MR) is 78.4 cm³/mol. The van der Waals surface area contributed by atoms with Crippen LogP contribution < -0.4 is 5.32 Å². The molecule has 1 N–H and O–H groups in total. The standard InChI is InChI=1S/C15H27N3O/c1-15(2)7-4-6-13(12-15)17-14-16-8-10-18(14)9-5-11-19-3/h8,10,13H,4-7,9,11-12H2,1-3H3,(H,16,17). The number of hydrogen-bond donors (Lipinski definition) is 1. The third-order valence-electron chi connectivity index (χ3n) is 4.00. The lowest BCUT2D eigenvalue weighted by molar-refractivity contribution is 0.190. The van der Waals surface area contributed by atoms with Crippen molar-refractivity contribution in [3.8, 4) is 0 Å². The summed E-state index contributed by atoms with van der Waals surface area (Å²) in [5.74, 6) is 1.01. The van der Waals surface area contributed by atoms with Gasteiger partial charge in [0.05, 0.1) is 0 Å². The topological polar surface area (TPSA) is 39.1 Å². The summed E-state index contributed by atoms with van der Waals surface area (Å²) in [6, 6.07) is 0.562. The fraction of sp³-hybridized carbons (Fsp3) is 0.800. The van der Waals surface area contributed by atoms with E-state index >= 15 is 0 Å². The van der Waals surface area contributed by atoms with Crippen LogP contribution in [0.25, 0.3) is 0 Å². The number of nitrogens with one attached hydrogen (secondary N) is 1. The molecule has 0 bridgehead atoms. The molecule has 0 spiro atoms. The Morgan fingerprint density at radius 1 is 1.53 bits per heavy atom. The lowest BCUT2D eigenvalue weighted by atomic mass is 9.75. The SMILES string of the molecule is COCCCn1ccnc1NC1CCCC(C)(C)C1. The molecule has 0 radical (unpaired) electrons. The van der Waals surface area contributed by atoms with Gasteiger partial charge in [0.15, 0.2) is 0 Å². The third kappa shape index (κ3) is 4.23. The van der Waals surface area contributed by atoms with Gasteiger partial charge in [-0.15, -0.1) is 0 Å². The molecule has 1 aliphatic carbocycles. The average molecular weight is 265 g/mol. The van der Waals surface area contributed by atoms with E-state index in [1.165, 1.54) is 25.7 Å². The number of anilines is 1. The second-order valence-electron chi connectivity index (χ2n) is 6.39. The molecule has 1 unspecified atom stereocenters. The minimum Gasteiger partial charge on any atom is -0.385 e. The van der Waals surface area contributed by atoms with E-state index in [2.05, 4.69) is 28.7 Å². The first kappa shape index (κ1) is 14.4. The van der Waals surface area contributed by atoms with Crippen LogP contribution in [0.15, 0.2) is 12.4 Å². The smallest absolute Gasteiger partial charge is 0.202 e. The number of hydrogen-bond acceptors (Lipinski definition) is 3. The number of aromatic nitrogens is 2. The fourth-order valence-corrected chi connectivity index (χ4v) is 3.01. The maximum Gasteiger partial charge on any atom is 0.202 e. The van der Waals surface area contributed by atoms with Crippen LogP contribution in [0.4, 0.5) is 5.95 Å². The van der Waals surface area contributed by atoms with Crippen molar-refractivity contribution in [3.05, 3.63) is 12.4 Å². The minimum absolute atomic E-state index is 0.462. The molecule has 108 valence electrons. The molecule has 0 aliphatic heterocycles. The third-order valence-corrected chi connectivity index (χ3v) is 4.00. The number of aryl methyl sites for hydroxylation is 1. The van der Waals surface area contributed by atoms with Gasteiger partial charge in [-0.1, -0.05) is 20.3 Å². The summed E-state index contributed by atoms with van der Waals surface area (Å²) < 4.78 is 7.30. The van der Waals surface area contributed by atoms with E-state index in [1.807, 2.05) is 12.4 Å². The summed E-state index contributed by atoms with van der Waals surface area (Å²) >= 11 is 0. The van der Waals surface area contributed by atoms with Gasteiger partial charge < -0.3 is 14.6 Å². The first-order valence-electron chi connectivity index (χ1n) is 7.37. The lowest BCUT2D eigenvalue weighted by Gasteiger charge is -2.35. The normalized spacial score (nSPS) is 22.4. The second kappa shape index (κ2) is 6.42. The molecule has 19 heavy (non-hydrogen) atoms. The van der Waals surface area contributed by atoms with Crippen LogP contribution in [0.2, 0.25) is 0 Å². The summed E-state index contributed by atoms with van der Waals surface area (Å²) in [4.78, 5) is 4.45. The first-order chi connectivity index (χ1) is 9.11. The van der Waals surface area contributed by atoms with Crippen LogP contribution in [0.1, 0.15) is 46.0 Å². The molecule has 2 rings (SSSR count). The van der Waals surface area contributed by atoms with E-state index < -0.39 is 0 Å². The Balaban J connectivity index is 1.90. The lowest BCUT2D eigenvalue weighted by Crippen LogP contribution is -2.32. The van der Waals surface area contributed by atoms with Crippen molar-refractivity contribution in [1.82, 2.24) is 9.55 Å². The zero-order valence-corrected chi connectivity index (χ0v) is 12.5. The van der Waals surface area contributed by atoms with Crippen molar-refractivity contribution in [2.45, 2.75) is 58.5 Å². The molecule has 0 aromatic carbocycles. The molecule has 1 aliphatic rings. The molecule has 1 aromatic heterocycles. The Morgan fingerprint density at radius 3 is 3.11 bits per heavy atom. The molecule has 1 fully saturated rings. The number of nitrogens with zero attached hydrogens (tertiary/aromatic N) is 2. The summed E-state index contributed by atoms with van der Waals surface area (Å²) in [7, 11) is 1.75. The molecule has 4 heteroatoms. The van der Waals surface area contributed by atoms with Gasteiger partial charge in [0.2, 0.25) is 5.95 Å². The highest BCUT2D eigenvalue weighted by Gasteiger charge is 2.28. The zero-order valence-electron chi connectivity index (χ0n) is 12.5. The molecule has 0 amide bonds. The highest BCUT2D eigenvalue weighted by atomic mass is 16.5. The Hall–Kier alpha value is -1.03. The Morgan fingerprint density at radius 2 is 2.37 bits per heavy atom. The van der Waals surface area contributed by atoms with Crippen molar-refractivity contribution in [1.29, 1.82) is 0 Å². The summed E-state index contributed by atoms with van der Waals surface area (Å²) in [5, 5.41) is 3.62. The number of rotatable bonds is 6. The Labute approximate surface area is 116 Å². The molecule has 1 saturated carbocycles. The summed E-state index contributed by atoms with van der Waals surface area (Å²) in [6.45, 7) is 6.50. The van der Waals surface area contributed by atoms with E-state index in [0.29, 0.717) is 11.5 Å². The van der Waals surface area contributed by atoms with Crippen LogP contribution in [-0.2, 0) is 11.3 Å². The first-order valence-corrected chi connectivity index (χ1v) is 7.37. The van der Waals surface area contributed by atoms with Crippen LogP contribution in [0.3, 0.4) is 0 Å². The van der Waals surface area contributed by atoms with E-state index in [4.69, 9.17) is 4.74 Å². The highest BCUT2D eigenvalue weighted by molar-refractivity contribution is 5.28. The monoisotopic (exact) mass is 265 g/mol. The van der Waals surface area contributed by atoms with E-state index in [0.717, 1.165) is 25.5 Å². The van der Waals surface area contributed by atoms with Crippen molar-refractivity contribution in [2.24, 2.45) is 5.41 Å².